The van der Waals surface area contributed by atoms with Gasteiger partial charge in [-0.1, -0.05) is 6.07 Å². The van der Waals surface area contributed by atoms with Crippen LogP contribution >= 0.6 is 0 Å². The van der Waals surface area contributed by atoms with Crippen molar-refractivity contribution in [3.05, 3.63) is 28.8 Å². The molecule has 0 aliphatic heterocycles. The summed E-state index contributed by atoms with van der Waals surface area (Å²) in [5, 5.41) is 3.35. The van der Waals surface area contributed by atoms with Crippen LogP contribution in [0.25, 0.3) is 0 Å². The molecule has 102 valence electrons. The van der Waals surface area contributed by atoms with Crippen molar-refractivity contribution in [2.24, 2.45) is 0 Å². The minimum atomic E-state index is 0.193. The molecule has 0 aliphatic carbocycles. The second kappa shape index (κ2) is 6.24. The van der Waals surface area contributed by atoms with Gasteiger partial charge in [0.05, 0.1) is 6.61 Å². The molecule has 0 spiro atoms. The van der Waals surface area contributed by atoms with Gasteiger partial charge in [-0.2, -0.15) is 0 Å². The molecule has 0 bridgehead atoms. The van der Waals surface area contributed by atoms with Gasteiger partial charge in [0.2, 0.25) is 0 Å². The molecule has 0 aromatic heterocycles. The van der Waals surface area contributed by atoms with Gasteiger partial charge in [0.1, 0.15) is 5.75 Å². The number of hydrogen-bond acceptors (Lipinski definition) is 2. The monoisotopic (exact) mass is 249 g/mol. The summed E-state index contributed by atoms with van der Waals surface area (Å²) in [6, 6.07) is 4.44. The third-order valence-corrected chi connectivity index (χ3v) is 3.63. The van der Waals surface area contributed by atoms with E-state index in [4.69, 9.17) is 4.74 Å². The van der Waals surface area contributed by atoms with Gasteiger partial charge >= 0.3 is 0 Å². The Morgan fingerprint density at radius 1 is 1.17 bits per heavy atom. The van der Waals surface area contributed by atoms with Crippen LogP contribution in [0.5, 0.6) is 5.75 Å². The normalized spacial score (nSPS) is 11.7. The van der Waals surface area contributed by atoms with Gasteiger partial charge < -0.3 is 10.1 Å². The predicted octanol–water partition coefficient (Wildman–Crippen LogP) is 3.63. The van der Waals surface area contributed by atoms with Crippen LogP contribution in [0.2, 0.25) is 0 Å². The van der Waals surface area contributed by atoms with Gasteiger partial charge in [0.15, 0.2) is 0 Å². The van der Waals surface area contributed by atoms with Crippen molar-refractivity contribution in [3.8, 4) is 5.75 Å². The van der Waals surface area contributed by atoms with E-state index in [0.29, 0.717) is 0 Å². The Morgan fingerprint density at radius 2 is 1.83 bits per heavy atom. The summed E-state index contributed by atoms with van der Waals surface area (Å²) in [6.45, 7) is 11.5. The highest BCUT2D eigenvalue weighted by Crippen LogP contribution is 2.25. The molecule has 1 rings (SSSR count). The molecule has 0 saturated heterocycles. The Hall–Kier alpha value is -1.02. The molecule has 0 fully saturated rings. The zero-order valence-electron chi connectivity index (χ0n) is 12.7. The van der Waals surface area contributed by atoms with Crippen LogP contribution in [0.4, 0.5) is 0 Å². The average Bonchev–Trinajstić information content (AvgIpc) is 2.32. The lowest BCUT2D eigenvalue weighted by atomic mass is 9.92. The second-order valence-electron chi connectivity index (χ2n) is 5.61. The molecule has 0 atom stereocenters. The van der Waals surface area contributed by atoms with E-state index in [1.54, 1.807) is 0 Å². The zero-order chi connectivity index (χ0) is 13.8. The van der Waals surface area contributed by atoms with Gasteiger partial charge in [-0.3, -0.25) is 0 Å². The van der Waals surface area contributed by atoms with Crippen molar-refractivity contribution >= 4 is 0 Å². The SMILES string of the molecule is CCOc1cc(C)c(CCC(C)(C)NC)cc1C. The second-order valence-corrected chi connectivity index (χ2v) is 5.61. The Bertz CT molecular complexity index is 396. The largest absolute Gasteiger partial charge is 0.494 e. The van der Waals surface area contributed by atoms with E-state index in [1.807, 2.05) is 14.0 Å². The Kier molecular flexibility index (Phi) is 5.21. The van der Waals surface area contributed by atoms with Crippen molar-refractivity contribution in [2.75, 3.05) is 13.7 Å². The van der Waals surface area contributed by atoms with E-state index in [9.17, 15) is 0 Å². The first-order valence-corrected chi connectivity index (χ1v) is 6.81. The van der Waals surface area contributed by atoms with Crippen LogP contribution < -0.4 is 10.1 Å². The topological polar surface area (TPSA) is 21.3 Å². The van der Waals surface area contributed by atoms with Crippen LogP contribution in [-0.2, 0) is 6.42 Å². The number of hydrogen-bond donors (Lipinski definition) is 1. The lowest BCUT2D eigenvalue weighted by Gasteiger charge is -2.24. The van der Waals surface area contributed by atoms with Gasteiger partial charge in [-0.15, -0.1) is 0 Å². The van der Waals surface area contributed by atoms with Crippen molar-refractivity contribution in [1.82, 2.24) is 5.32 Å². The van der Waals surface area contributed by atoms with Crippen LogP contribution in [0, 0.1) is 13.8 Å². The minimum Gasteiger partial charge on any atom is -0.494 e. The molecule has 0 aliphatic rings. The fourth-order valence-corrected chi connectivity index (χ4v) is 2.00. The highest BCUT2D eigenvalue weighted by Gasteiger charge is 2.15. The molecule has 2 nitrogen and oxygen atoms in total. The molecule has 0 saturated carbocycles. The number of benzene rings is 1. The third-order valence-electron chi connectivity index (χ3n) is 3.63. The maximum atomic E-state index is 5.63. The van der Waals surface area contributed by atoms with Gasteiger partial charge in [0, 0.05) is 5.54 Å². The molecular formula is C16H27NO. The molecule has 0 unspecified atom stereocenters. The summed E-state index contributed by atoms with van der Waals surface area (Å²) in [5.74, 6) is 1.02. The maximum Gasteiger partial charge on any atom is 0.122 e. The molecule has 0 amide bonds. The van der Waals surface area contributed by atoms with Crippen LogP contribution in [0.1, 0.15) is 43.9 Å². The zero-order valence-corrected chi connectivity index (χ0v) is 12.7. The molecule has 0 radical (unpaired) electrons. The van der Waals surface area contributed by atoms with E-state index < -0.39 is 0 Å². The summed E-state index contributed by atoms with van der Waals surface area (Å²) in [6.07, 6.45) is 2.24. The molecule has 1 aromatic carbocycles. The number of aryl methyl sites for hydroxylation is 3. The van der Waals surface area contributed by atoms with E-state index in [0.717, 1.165) is 25.2 Å². The van der Waals surface area contributed by atoms with Gasteiger partial charge in [0.25, 0.3) is 0 Å². The van der Waals surface area contributed by atoms with E-state index >= 15 is 0 Å². The van der Waals surface area contributed by atoms with E-state index in [2.05, 4.69) is 45.1 Å². The molecule has 0 heterocycles. The first-order valence-electron chi connectivity index (χ1n) is 6.81. The molecule has 1 aromatic rings. The molecular weight excluding hydrogens is 222 g/mol. The third kappa shape index (κ3) is 4.02. The lowest BCUT2D eigenvalue weighted by molar-refractivity contribution is 0.337. The van der Waals surface area contributed by atoms with Crippen molar-refractivity contribution in [1.29, 1.82) is 0 Å². The summed E-state index contributed by atoms with van der Waals surface area (Å²) >= 11 is 0. The van der Waals surface area contributed by atoms with Crippen LogP contribution in [-0.4, -0.2) is 19.2 Å². The highest BCUT2D eigenvalue weighted by atomic mass is 16.5. The molecule has 18 heavy (non-hydrogen) atoms. The highest BCUT2D eigenvalue weighted by molar-refractivity contribution is 5.41. The molecule has 2 heteroatoms. The maximum absolute atomic E-state index is 5.63. The number of ether oxygens (including phenoxy) is 1. The number of nitrogens with one attached hydrogen (secondary N) is 1. The summed E-state index contributed by atoms with van der Waals surface area (Å²) in [5.41, 5.74) is 4.19. The fourth-order valence-electron chi connectivity index (χ4n) is 2.00. The van der Waals surface area contributed by atoms with Crippen molar-refractivity contribution in [3.63, 3.8) is 0 Å². The van der Waals surface area contributed by atoms with Crippen molar-refractivity contribution in [2.45, 2.75) is 53.0 Å². The fraction of sp³-hybridized carbons (Fsp3) is 0.625. The summed E-state index contributed by atoms with van der Waals surface area (Å²) in [4.78, 5) is 0. The first-order chi connectivity index (χ1) is 8.39. The van der Waals surface area contributed by atoms with Crippen LogP contribution in [0.15, 0.2) is 12.1 Å². The standard InChI is InChI=1S/C16H27NO/c1-7-18-15-11-12(2)14(10-13(15)3)8-9-16(4,5)17-6/h10-11,17H,7-9H2,1-6H3. The lowest BCUT2D eigenvalue weighted by Crippen LogP contribution is -2.36. The Labute approximate surface area is 112 Å². The van der Waals surface area contributed by atoms with E-state index in [1.165, 1.54) is 16.7 Å². The first kappa shape index (κ1) is 15.0. The Balaban J connectivity index is 2.82. The summed E-state index contributed by atoms with van der Waals surface area (Å²) < 4.78 is 5.63. The van der Waals surface area contributed by atoms with Crippen molar-refractivity contribution < 1.29 is 4.74 Å². The minimum absolute atomic E-state index is 0.193. The smallest absolute Gasteiger partial charge is 0.122 e. The Morgan fingerprint density at radius 3 is 2.39 bits per heavy atom. The number of rotatable bonds is 6. The predicted molar refractivity (Wildman–Crippen MR) is 78.5 cm³/mol. The quantitative estimate of drug-likeness (QED) is 0.831. The van der Waals surface area contributed by atoms with E-state index in [-0.39, 0.29) is 5.54 Å². The average molecular weight is 249 g/mol. The summed E-state index contributed by atoms with van der Waals surface area (Å²) in [7, 11) is 2.02. The molecule has 1 N–H and O–H groups in total. The van der Waals surface area contributed by atoms with Gasteiger partial charge in [-0.25, -0.2) is 0 Å². The van der Waals surface area contributed by atoms with Crippen LogP contribution in [0.3, 0.4) is 0 Å². The van der Waals surface area contributed by atoms with Gasteiger partial charge in [-0.05, 0) is 77.3 Å².